The summed E-state index contributed by atoms with van der Waals surface area (Å²) in [5.41, 5.74) is 1.37. The third-order valence-corrected chi connectivity index (χ3v) is 5.77. The Hall–Kier alpha value is -0.970. The lowest BCUT2D eigenvalue weighted by Crippen LogP contribution is -2.44. The molecule has 1 aliphatic carbocycles. The van der Waals surface area contributed by atoms with E-state index in [2.05, 4.69) is 42.5 Å². The van der Waals surface area contributed by atoms with Crippen LogP contribution in [0.5, 0.6) is 5.75 Å². The van der Waals surface area contributed by atoms with Gasteiger partial charge in [0.05, 0.1) is 13.2 Å². The van der Waals surface area contributed by atoms with E-state index in [0.717, 1.165) is 25.1 Å². The molecule has 0 aromatic heterocycles. The second-order valence-corrected chi connectivity index (χ2v) is 6.87. The van der Waals surface area contributed by atoms with Crippen LogP contribution in [0.25, 0.3) is 0 Å². The summed E-state index contributed by atoms with van der Waals surface area (Å²) in [5.74, 6) is 0.936. The molecule has 0 bridgehead atoms. The van der Waals surface area contributed by atoms with Crippen LogP contribution in [-0.2, 0) is 5.41 Å². The van der Waals surface area contributed by atoms with E-state index in [1.54, 1.807) is 18.9 Å². The predicted molar refractivity (Wildman–Crippen MR) is 87.3 cm³/mol. The number of thioether (sulfide) groups is 1. The van der Waals surface area contributed by atoms with E-state index < -0.39 is 0 Å². The smallest absolute Gasteiger partial charge is 0.132 e. The van der Waals surface area contributed by atoms with Crippen molar-refractivity contribution in [2.75, 3.05) is 27.0 Å². The summed E-state index contributed by atoms with van der Waals surface area (Å²) >= 11 is 1.72. The van der Waals surface area contributed by atoms with Gasteiger partial charge in [0.15, 0.2) is 0 Å². The fraction of sp³-hybridized carbons (Fsp3) is 0.529. The molecule has 1 aliphatic heterocycles. The number of likely N-dealkylation sites (N-methyl/N-ethyl adjacent to an activating group) is 1. The summed E-state index contributed by atoms with van der Waals surface area (Å²) < 4.78 is 5.44. The Morgan fingerprint density at radius 1 is 1.43 bits per heavy atom. The Balaban J connectivity index is 2.07. The van der Waals surface area contributed by atoms with Crippen molar-refractivity contribution in [3.63, 3.8) is 0 Å². The van der Waals surface area contributed by atoms with Crippen LogP contribution in [0, 0.1) is 0 Å². The van der Waals surface area contributed by atoms with E-state index in [9.17, 15) is 5.11 Å². The van der Waals surface area contributed by atoms with Crippen LogP contribution in [-0.4, -0.2) is 49.1 Å². The van der Waals surface area contributed by atoms with Gasteiger partial charge in [-0.15, -0.1) is 11.8 Å². The van der Waals surface area contributed by atoms with Crippen LogP contribution in [0.1, 0.15) is 18.4 Å². The molecule has 3 atom stereocenters. The van der Waals surface area contributed by atoms with Crippen molar-refractivity contribution >= 4 is 11.8 Å². The molecule has 4 heteroatoms. The molecular weight excluding hydrogens is 282 g/mol. The normalized spacial score (nSPS) is 32.2. The fourth-order valence-electron chi connectivity index (χ4n) is 3.81. The molecule has 1 aromatic rings. The molecule has 1 aromatic carbocycles. The third kappa shape index (κ3) is 2.39. The Morgan fingerprint density at radius 2 is 2.24 bits per heavy atom. The fourth-order valence-corrected chi connectivity index (χ4v) is 4.41. The molecule has 1 saturated heterocycles. The van der Waals surface area contributed by atoms with Gasteiger partial charge >= 0.3 is 0 Å². The van der Waals surface area contributed by atoms with E-state index in [0.29, 0.717) is 6.04 Å². The summed E-state index contributed by atoms with van der Waals surface area (Å²) in [4.78, 5) is 3.56. The number of aliphatic hydroxyl groups is 1. The first-order chi connectivity index (χ1) is 10.1. The highest BCUT2D eigenvalue weighted by molar-refractivity contribution is 7.98. The maximum absolute atomic E-state index is 9.98. The van der Waals surface area contributed by atoms with Crippen molar-refractivity contribution < 1.29 is 9.84 Å². The van der Waals surface area contributed by atoms with Crippen molar-refractivity contribution in [2.45, 2.75) is 35.3 Å². The molecule has 1 fully saturated rings. The number of methoxy groups -OCH3 is 1. The molecule has 0 radical (unpaired) electrons. The number of benzene rings is 1. The van der Waals surface area contributed by atoms with Gasteiger partial charge < -0.3 is 14.7 Å². The maximum atomic E-state index is 9.98. The van der Waals surface area contributed by atoms with Gasteiger partial charge in [-0.3, -0.25) is 0 Å². The second-order valence-electron chi connectivity index (χ2n) is 6.02. The number of likely N-dealkylation sites (tertiary alicyclic amines) is 1. The van der Waals surface area contributed by atoms with Crippen LogP contribution in [0.4, 0.5) is 0 Å². The van der Waals surface area contributed by atoms with Crippen LogP contribution in [0.15, 0.2) is 35.2 Å². The highest BCUT2D eigenvalue weighted by Crippen LogP contribution is 2.46. The molecule has 0 spiro atoms. The molecule has 114 valence electrons. The maximum Gasteiger partial charge on any atom is 0.132 e. The lowest BCUT2D eigenvalue weighted by atomic mass is 9.69. The van der Waals surface area contributed by atoms with E-state index in [1.165, 1.54) is 10.5 Å². The lowest BCUT2D eigenvalue weighted by Gasteiger charge is -2.39. The molecule has 1 heterocycles. The van der Waals surface area contributed by atoms with Gasteiger partial charge in [0, 0.05) is 16.4 Å². The molecule has 0 saturated carbocycles. The van der Waals surface area contributed by atoms with Crippen LogP contribution >= 0.6 is 11.8 Å². The summed E-state index contributed by atoms with van der Waals surface area (Å²) in [7, 11) is 3.88. The highest BCUT2D eigenvalue weighted by atomic mass is 32.2. The van der Waals surface area contributed by atoms with Gasteiger partial charge in [-0.05, 0) is 50.4 Å². The number of nitrogens with zero attached hydrogens (tertiary/aromatic N) is 1. The summed E-state index contributed by atoms with van der Waals surface area (Å²) in [5, 5.41) is 9.98. The quantitative estimate of drug-likeness (QED) is 0.687. The van der Waals surface area contributed by atoms with Crippen LogP contribution in [0.2, 0.25) is 0 Å². The molecule has 3 nitrogen and oxygen atoms in total. The summed E-state index contributed by atoms with van der Waals surface area (Å²) in [6.07, 6.45) is 7.89. The molecule has 0 unspecified atom stereocenters. The topological polar surface area (TPSA) is 32.7 Å². The molecule has 2 aliphatic rings. The standard InChI is InChI=1S/C17H23NO2S/c1-18-9-8-17(7-6-13(19)11-16(17)18)12-4-5-14(20-2)15(10-12)21-3/h4-7,10,13,16,19H,8-9,11H2,1-3H3/t13-,16+,17+/m1/s1. The van der Waals surface area contributed by atoms with E-state index in [4.69, 9.17) is 4.74 Å². The van der Waals surface area contributed by atoms with Gasteiger partial charge in [0.1, 0.15) is 5.75 Å². The number of hydrogen-bond donors (Lipinski definition) is 1. The largest absolute Gasteiger partial charge is 0.496 e. The molecule has 21 heavy (non-hydrogen) atoms. The summed E-state index contributed by atoms with van der Waals surface area (Å²) in [6, 6.07) is 6.90. The van der Waals surface area contributed by atoms with Crippen molar-refractivity contribution in [1.82, 2.24) is 4.90 Å². The molecule has 0 amide bonds. The number of rotatable bonds is 3. The van der Waals surface area contributed by atoms with Crippen molar-refractivity contribution in [3.8, 4) is 5.75 Å². The molecule has 3 rings (SSSR count). The Morgan fingerprint density at radius 3 is 2.95 bits per heavy atom. The van der Waals surface area contributed by atoms with Gasteiger partial charge in [-0.1, -0.05) is 18.2 Å². The minimum Gasteiger partial charge on any atom is -0.496 e. The zero-order valence-electron chi connectivity index (χ0n) is 12.9. The first-order valence-corrected chi connectivity index (χ1v) is 8.63. The van der Waals surface area contributed by atoms with Crippen LogP contribution in [0.3, 0.4) is 0 Å². The average Bonchev–Trinajstić information content (AvgIpc) is 2.85. The first-order valence-electron chi connectivity index (χ1n) is 7.41. The number of fused-ring (bicyclic) bond motifs is 1. The van der Waals surface area contributed by atoms with Crippen LogP contribution < -0.4 is 4.74 Å². The number of aliphatic hydroxyl groups excluding tert-OH is 1. The third-order valence-electron chi connectivity index (χ3n) is 5.01. The van der Waals surface area contributed by atoms with E-state index >= 15 is 0 Å². The number of hydrogen-bond acceptors (Lipinski definition) is 4. The SMILES string of the molecule is COc1ccc([C@@]23C=C[C@@H](O)C[C@@H]2N(C)CC3)cc1SC. The van der Waals surface area contributed by atoms with Gasteiger partial charge in [0.2, 0.25) is 0 Å². The minimum absolute atomic E-state index is 0.0325. The van der Waals surface area contributed by atoms with E-state index in [1.807, 2.05) is 6.08 Å². The Bertz CT molecular complexity index is 560. The average molecular weight is 305 g/mol. The number of ether oxygens (including phenoxy) is 1. The monoisotopic (exact) mass is 305 g/mol. The predicted octanol–water partition coefficient (Wildman–Crippen LogP) is 2.68. The second kappa shape index (κ2) is 5.67. The van der Waals surface area contributed by atoms with Gasteiger partial charge in [-0.25, -0.2) is 0 Å². The molecule has 1 N–H and O–H groups in total. The first kappa shape index (κ1) is 14.9. The van der Waals surface area contributed by atoms with Crippen molar-refractivity contribution in [1.29, 1.82) is 0 Å². The Labute approximate surface area is 131 Å². The lowest BCUT2D eigenvalue weighted by molar-refractivity contribution is 0.137. The molecular formula is C17H23NO2S. The highest BCUT2D eigenvalue weighted by Gasteiger charge is 2.47. The Kier molecular flexibility index (Phi) is 4.04. The van der Waals surface area contributed by atoms with Gasteiger partial charge in [0.25, 0.3) is 0 Å². The van der Waals surface area contributed by atoms with Crippen molar-refractivity contribution in [2.24, 2.45) is 0 Å². The zero-order valence-corrected chi connectivity index (χ0v) is 13.7. The van der Waals surface area contributed by atoms with Crippen molar-refractivity contribution in [3.05, 3.63) is 35.9 Å². The van der Waals surface area contributed by atoms with E-state index in [-0.39, 0.29) is 11.5 Å². The van der Waals surface area contributed by atoms with Gasteiger partial charge in [-0.2, -0.15) is 0 Å². The zero-order chi connectivity index (χ0) is 15.0. The minimum atomic E-state index is -0.318. The summed E-state index contributed by atoms with van der Waals surface area (Å²) in [6.45, 7) is 1.07.